The molecule has 2 N–H and O–H groups in total. The van der Waals surface area contributed by atoms with Crippen molar-refractivity contribution in [3.8, 4) is 22.8 Å². The number of benzene rings is 3. The maximum Gasteiger partial charge on any atom is 0.346 e. The van der Waals surface area contributed by atoms with Crippen molar-refractivity contribution >= 4 is 69.3 Å². The molecule has 0 bridgehead atoms. The number of thiophene rings is 1. The molecule has 352 valence electrons. The van der Waals surface area contributed by atoms with E-state index in [-0.39, 0.29) is 0 Å². The van der Waals surface area contributed by atoms with Gasteiger partial charge in [-0.1, -0.05) is 17.7 Å². The van der Waals surface area contributed by atoms with Crippen molar-refractivity contribution in [2.45, 2.75) is 6.92 Å². The number of aryl methyl sites for hydroxylation is 1. The van der Waals surface area contributed by atoms with Crippen LogP contribution in [-0.2, 0) is 18.9 Å². The molecule has 4 fully saturated rings. The highest BCUT2D eigenvalue weighted by Crippen LogP contribution is 2.32. The molecule has 0 spiro atoms. The highest BCUT2D eigenvalue weighted by Gasteiger charge is 2.32. The maximum atomic E-state index is 14.9. The number of aromatic nitrogens is 6. The molecule has 3 aromatic carbocycles. The van der Waals surface area contributed by atoms with E-state index >= 15 is 0 Å². The predicted octanol–water partition coefficient (Wildman–Crippen LogP) is 5.80. The largest absolute Gasteiger partial charge is 0.378 e. The Kier molecular flexibility index (Phi) is 13.7. The van der Waals surface area contributed by atoms with E-state index in [0.717, 1.165) is 5.56 Å². The molecule has 20 nitrogen and oxygen atoms in total. The number of hydrogen-bond donors (Lipinski definition) is 2. The first-order valence-corrected chi connectivity index (χ1v) is 23.7. The van der Waals surface area contributed by atoms with Crippen molar-refractivity contribution in [3.63, 3.8) is 0 Å². The standard InChI is InChI=1S/C47H52N14O6S/c1-33-4-10-36(11-5-33)48-46(62)60(37-12-6-34(7-13-37)40-50-42(56-16-24-64-25-17-56)54-43(51-40)57-18-26-65-27-19-57)61(47(63)49-39-3-2-32-68-39)38-14-8-35(9-15-38)41-52-44(58-20-28-66-29-21-58)55-45(53-41)59-22-30-67-31-23-59/h2-15,32H,16-31H2,1H3,(H,48,62)(H,49,63). The minimum Gasteiger partial charge on any atom is -0.378 e. The lowest BCUT2D eigenvalue weighted by Gasteiger charge is -2.34. The third-order valence-corrected chi connectivity index (χ3v) is 12.6. The topological polar surface area (TPSA) is 192 Å². The molecule has 4 amide bonds. The SMILES string of the molecule is Cc1ccc(NC(=O)N(c2ccc(-c3nc(N4CCOCC4)nc(N4CCOCC4)n3)cc2)N(C(=O)Nc2cccs2)c2ccc(-c3nc(N4CCOCC4)nc(N4CCOCC4)n3)cc2)cc1. The van der Waals surface area contributed by atoms with Crippen molar-refractivity contribution in [1.29, 1.82) is 0 Å². The lowest BCUT2D eigenvalue weighted by atomic mass is 10.1. The van der Waals surface area contributed by atoms with E-state index in [2.05, 4.69) is 30.2 Å². The Hall–Kier alpha value is -7.04. The molecule has 0 saturated carbocycles. The Morgan fingerprint density at radius 1 is 0.485 bits per heavy atom. The number of hydrogen-bond acceptors (Lipinski definition) is 17. The van der Waals surface area contributed by atoms with Crippen LogP contribution >= 0.6 is 11.3 Å². The van der Waals surface area contributed by atoms with E-state index in [9.17, 15) is 9.59 Å². The molecule has 4 aliphatic rings. The van der Waals surface area contributed by atoms with Crippen LogP contribution in [0.15, 0.2) is 90.3 Å². The summed E-state index contributed by atoms with van der Waals surface area (Å²) in [6.45, 7) is 11.8. The summed E-state index contributed by atoms with van der Waals surface area (Å²) in [6.07, 6.45) is 0. The van der Waals surface area contributed by atoms with E-state index in [1.165, 1.54) is 21.4 Å². The first kappa shape index (κ1) is 44.8. The molecular weight excluding hydrogens is 889 g/mol. The summed E-state index contributed by atoms with van der Waals surface area (Å²) >= 11 is 1.37. The van der Waals surface area contributed by atoms with E-state index < -0.39 is 12.1 Å². The number of morpholine rings is 4. The molecule has 68 heavy (non-hydrogen) atoms. The minimum absolute atomic E-state index is 0.391. The molecule has 3 aromatic heterocycles. The molecule has 6 aromatic rings. The first-order valence-electron chi connectivity index (χ1n) is 22.8. The molecule has 21 heteroatoms. The van der Waals surface area contributed by atoms with Crippen molar-refractivity contribution < 1.29 is 28.5 Å². The van der Waals surface area contributed by atoms with Crippen LogP contribution in [0.1, 0.15) is 5.56 Å². The number of nitrogens with one attached hydrogen (secondary N) is 2. The number of rotatable bonds is 10. The average Bonchev–Trinajstić information content (AvgIpc) is 3.92. The maximum absolute atomic E-state index is 14.9. The summed E-state index contributed by atoms with van der Waals surface area (Å²) in [5.74, 6) is 3.20. The fourth-order valence-electron chi connectivity index (χ4n) is 8.06. The summed E-state index contributed by atoms with van der Waals surface area (Å²) in [7, 11) is 0. The van der Waals surface area contributed by atoms with Crippen molar-refractivity contribution in [2.75, 3.05) is 145 Å². The second kappa shape index (κ2) is 20.9. The van der Waals surface area contributed by atoms with E-state index in [0.29, 0.717) is 174 Å². The Balaban J connectivity index is 1.03. The van der Waals surface area contributed by atoms with Gasteiger partial charge < -0.3 is 43.9 Å². The molecule has 10 rings (SSSR count). The van der Waals surface area contributed by atoms with Crippen LogP contribution in [0, 0.1) is 6.92 Å². The van der Waals surface area contributed by atoms with Crippen LogP contribution in [0.3, 0.4) is 0 Å². The number of urea groups is 2. The summed E-state index contributed by atoms with van der Waals surface area (Å²) in [4.78, 5) is 67.6. The average molecular weight is 941 g/mol. The first-order chi connectivity index (χ1) is 33.4. The summed E-state index contributed by atoms with van der Waals surface area (Å²) in [5, 5.41) is 11.2. The summed E-state index contributed by atoms with van der Waals surface area (Å²) in [5.41, 5.74) is 3.76. The highest BCUT2D eigenvalue weighted by atomic mass is 32.1. The van der Waals surface area contributed by atoms with E-state index in [1.54, 1.807) is 30.3 Å². The van der Waals surface area contributed by atoms with Crippen LogP contribution < -0.4 is 40.3 Å². The van der Waals surface area contributed by atoms with E-state index in [1.807, 2.05) is 66.9 Å². The Morgan fingerprint density at radius 2 is 0.853 bits per heavy atom. The summed E-state index contributed by atoms with van der Waals surface area (Å²) in [6, 6.07) is 24.5. The molecule has 0 radical (unpaired) electrons. The second-order valence-corrected chi connectivity index (χ2v) is 17.3. The molecular formula is C47H52N14O6S. The number of carbonyl (C=O) groups is 2. The smallest absolute Gasteiger partial charge is 0.346 e. The number of anilines is 8. The van der Waals surface area contributed by atoms with Crippen LogP contribution in [-0.4, -0.2) is 147 Å². The fourth-order valence-corrected chi connectivity index (χ4v) is 8.66. The van der Waals surface area contributed by atoms with Crippen molar-refractivity contribution in [3.05, 3.63) is 95.9 Å². The van der Waals surface area contributed by atoms with Crippen LogP contribution in [0.4, 0.5) is 55.4 Å². The molecule has 4 saturated heterocycles. The number of nitrogens with zero attached hydrogens (tertiary/aromatic N) is 12. The molecule has 4 aliphatic heterocycles. The van der Waals surface area contributed by atoms with E-state index in [4.69, 9.17) is 48.9 Å². The number of hydrazine groups is 1. The number of amides is 4. The van der Waals surface area contributed by atoms with Gasteiger partial charge in [0, 0.05) is 69.2 Å². The minimum atomic E-state index is -0.584. The lowest BCUT2D eigenvalue weighted by molar-refractivity contribution is 0.121. The predicted molar refractivity (Wildman–Crippen MR) is 261 cm³/mol. The number of ether oxygens (including phenoxy) is 4. The lowest BCUT2D eigenvalue weighted by Crippen LogP contribution is -2.53. The van der Waals surface area contributed by atoms with Gasteiger partial charge in [0.15, 0.2) is 11.6 Å². The normalized spacial score (nSPS) is 16.6. The van der Waals surface area contributed by atoms with Gasteiger partial charge in [0.25, 0.3) is 0 Å². The zero-order valence-electron chi connectivity index (χ0n) is 37.7. The van der Waals surface area contributed by atoms with Gasteiger partial charge in [-0.2, -0.15) is 39.9 Å². The monoisotopic (exact) mass is 940 g/mol. The Labute approximate surface area is 397 Å². The summed E-state index contributed by atoms with van der Waals surface area (Å²) < 4.78 is 22.5. The van der Waals surface area contributed by atoms with Gasteiger partial charge in [0.2, 0.25) is 23.8 Å². The van der Waals surface area contributed by atoms with Gasteiger partial charge in [0.05, 0.1) is 69.2 Å². The van der Waals surface area contributed by atoms with Crippen LogP contribution in [0.25, 0.3) is 22.8 Å². The fraction of sp³-hybridized carbons (Fsp3) is 0.362. The zero-order valence-corrected chi connectivity index (χ0v) is 38.5. The quantitative estimate of drug-likeness (QED) is 0.157. The Morgan fingerprint density at radius 3 is 1.21 bits per heavy atom. The van der Waals surface area contributed by atoms with Gasteiger partial charge in [-0.3, -0.25) is 5.32 Å². The third kappa shape index (κ3) is 10.4. The Bertz CT molecular complexity index is 2570. The zero-order chi connectivity index (χ0) is 46.2. The molecule has 0 aliphatic carbocycles. The van der Waals surface area contributed by atoms with Crippen molar-refractivity contribution in [2.24, 2.45) is 0 Å². The van der Waals surface area contributed by atoms with Gasteiger partial charge >= 0.3 is 12.1 Å². The van der Waals surface area contributed by atoms with Gasteiger partial charge in [-0.15, -0.1) is 11.3 Å². The van der Waals surface area contributed by atoms with Gasteiger partial charge in [-0.05, 0) is 85.1 Å². The molecule has 0 unspecified atom stereocenters. The van der Waals surface area contributed by atoms with Gasteiger partial charge in [-0.25, -0.2) is 9.59 Å². The van der Waals surface area contributed by atoms with Crippen LogP contribution in [0.2, 0.25) is 0 Å². The van der Waals surface area contributed by atoms with Crippen molar-refractivity contribution in [1.82, 2.24) is 29.9 Å². The van der Waals surface area contributed by atoms with Gasteiger partial charge in [0.1, 0.15) is 0 Å². The second-order valence-electron chi connectivity index (χ2n) is 16.3. The number of carbonyl (C=O) groups excluding carboxylic acids is 2. The highest BCUT2D eigenvalue weighted by molar-refractivity contribution is 7.14. The molecule has 0 atom stereocenters. The third-order valence-electron chi connectivity index (χ3n) is 11.8. The molecule has 7 heterocycles. The van der Waals surface area contributed by atoms with Crippen LogP contribution in [0.5, 0.6) is 0 Å².